The Morgan fingerprint density at radius 1 is 1.54 bits per heavy atom. The highest BCUT2D eigenvalue weighted by Crippen LogP contribution is 2.09. The van der Waals surface area contributed by atoms with Gasteiger partial charge in [-0.1, -0.05) is 0 Å². The molecule has 1 aliphatic heterocycles. The molecule has 4 nitrogen and oxygen atoms in total. The van der Waals surface area contributed by atoms with Gasteiger partial charge in [-0.25, -0.2) is 0 Å². The lowest BCUT2D eigenvalue weighted by atomic mass is 10.1. The Bertz CT molecular complexity index is 164. The van der Waals surface area contributed by atoms with E-state index in [0.29, 0.717) is 13.2 Å². The number of rotatable bonds is 3. The molecule has 0 atom stereocenters. The summed E-state index contributed by atoms with van der Waals surface area (Å²) in [5.41, 5.74) is 0. The summed E-state index contributed by atoms with van der Waals surface area (Å²) in [6, 6.07) is 0. The summed E-state index contributed by atoms with van der Waals surface area (Å²) in [6.45, 7) is 4.19. The van der Waals surface area contributed by atoms with E-state index < -0.39 is 0 Å². The molecule has 0 unspecified atom stereocenters. The molecule has 13 heavy (non-hydrogen) atoms. The van der Waals surface area contributed by atoms with Crippen LogP contribution in [0.1, 0.15) is 19.8 Å². The molecular formula is C9H17NO3. The standard InChI is InChI=1S/C9H17NO3/c1-2-13-9(12)7-10-5-3-8(11)4-6-10/h8,11H,2-7H2,1H3. The highest BCUT2D eigenvalue weighted by atomic mass is 16.5. The largest absolute Gasteiger partial charge is 0.465 e. The van der Waals surface area contributed by atoms with Gasteiger partial charge < -0.3 is 9.84 Å². The van der Waals surface area contributed by atoms with Gasteiger partial charge in [0.25, 0.3) is 0 Å². The summed E-state index contributed by atoms with van der Waals surface area (Å²) in [5.74, 6) is -0.168. The SMILES string of the molecule is CCOC(=O)CN1CCC(O)CC1. The van der Waals surface area contributed by atoms with Crippen molar-refractivity contribution in [3.8, 4) is 0 Å². The molecule has 0 aromatic carbocycles. The Balaban J connectivity index is 2.18. The molecule has 0 saturated carbocycles. The minimum atomic E-state index is -0.182. The minimum absolute atomic E-state index is 0.168. The number of aliphatic hydroxyl groups excluding tert-OH is 1. The third kappa shape index (κ3) is 3.74. The van der Waals surface area contributed by atoms with Crippen LogP contribution in [0.25, 0.3) is 0 Å². The zero-order chi connectivity index (χ0) is 9.68. The molecule has 0 spiro atoms. The Morgan fingerprint density at radius 3 is 2.69 bits per heavy atom. The lowest BCUT2D eigenvalue weighted by Gasteiger charge is -2.28. The molecule has 1 fully saturated rings. The van der Waals surface area contributed by atoms with Crippen LogP contribution in [-0.2, 0) is 9.53 Å². The number of piperidine rings is 1. The molecular weight excluding hydrogens is 170 g/mol. The first-order chi connectivity index (χ1) is 6.22. The zero-order valence-electron chi connectivity index (χ0n) is 8.03. The molecule has 1 aliphatic rings. The Labute approximate surface area is 78.5 Å². The summed E-state index contributed by atoms with van der Waals surface area (Å²) in [5, 5.41) is 9.22. The highest BCUT2D eigenvalue weighted by Gasteiger charge is 2.18. The van der Waals surface area contributed by atoms with Crippen molar-refractivity contribution in [3.63, 3.8) is 0 Å². The number of carbonyl (C=O) groups is 1. The number of hydrogen-bond donors (Lipinski definition) is 1. The molecule has 1 saturated heterocycles. The van der Waals surface area contributed by atoms with Gasteiger partial charge in [0.2, 0.25) is 0 Å². The summed E-state index contributed by atoms with van der Waals surface area (Å²) < 4.78 is 4.83. The van der Waals surface area contributed by atoms with Crippen molar-refractivity contribution < 1.29 is 14.6 Å². The van der Waals surface area contributed by atoms with Crippen LogP contribution in [0.5, 0.6) is 0 Å². The van der Waals surface area contributed by atoms with Gasteiger partial charge in [-0.3, -0.25) is 9.69 Å². The van der Waals surface area contributed by atoms with Crippen LogP contribution in [0.15, 0.2) is 0 Å². The second kappa shape index (κ2) is 5.19. The predicted molar refractivity (Wildman–Crippen MR) is 48.3 cm³/mol. The quantitative estimate of drug-likeness (QED) is 0.632. The van der Waals surface area contributed by atoms with Crippen molar-refractivity contribution in [2.24, 2.45) is 0 Å². The van der Waals surface area contributed by atoms with E-state index in [4.69, 9.17) is 4.74 Å². The van der Waals surface area contributed by atoms with Crippen molar-refractivity contribution in [2.75, 3.05) is 26.2 Å². The molecule has 0 aromatic rings. The van der Waals surface area contributed by atoms with Crippen LogP contribution in [-0.4, -0.2) is 48.3 Å². The van der Waals surface area contributed by atoms with Crippen LogP contribution < -0.4 is 0 Å². The maximum Gasteiger partial charge on any atom is 0.320 e. The third-order valence-corrected chi connectivity index (χ3v) is 2.22. The van der Waals surface area contributed by atoms with Crippen LogP contribution in [0.3, 0.4) is 0 Å². The van der Waals surface area contributed by atoms with Gasteiger partial charge in [-0.2, -0.15) is 0 Å². The van der Waals surface area contributed by atoms with Crippen molar-refractivity contribution in [3.05, 3.63) is 0 Å². The number of aliphatic hydroxyl groups is 1. The number of ether oxygens (including phenoxy) is 1. The first kappa shape index (κ1) is 10.5. The first-order valence-electron chi connectivity index (χ1n) is 4.78. The van der Waals surface area contributed by atoms with E-state index in [-0.39, 0.29) is 12.1 Å². The number of esters is 1. The van der Waals surface area contributed by atoms with E-state index in [0.717, 1.165) is 25.9 Å². The fourth-order valence-electron chi connectivity index (χ4n) is 1.47. The van der Waals surface area contributed by atoms with Crippen molar-refractivity contribution in [1.82, 2.24) is 4.90 Å². The van der Waals surface area contributed by atoms with Crippen LogP contribution in [0, 0.1) is 0 Å². The van der Waals surface area contributed by atoms with E-state index >= 15 is 0 Å². The van der Waals surface area contributed by atoms with E-state index in [9.17, 15) is 9.90 Å². The molecule has 4 heteroatoms. The lowest BCUT2D eigenvalue weighted by molar-refractivity contribution is -0.145. The molecule has 0 aliphatic carbocycles. The van der Waals surface area contributed by atoms with Gasteiger partial charge in [0.05, 0.1) is 19.3 Å². The molecule has 1 N–H and O–H groups in total. The minimum Gasteiger partial charge on any atom is -0.465 e. The molecule has 0 radical (unpaired) electrons. The van der Waals surface area contributed by atoms with Crippen LogP contribution in [0.4, 0.5) is 0 Å². The smallest absolute Gasteiger partial charge is 0.320 e. The Kier molecular flexibility index (Phi) is 4.18. The maximum absolute atomic E-state index is 11.1. The highest BCUT2D eigenvalue weighted by molar-refractivity contribution is 5.71. The van der Waals surface area contributed by atoms with Gasteiger partial charge >= 0.3 is 5.97 Å². The molecule has 0 bridgehead atoms. The Morgan fingerprint density at radius 2 is 2.15 bits per heavy atom. The number of nitrogens with zero attached hydrogens (tertiary/aromatic N) is 1. The van der Waals surface area contributed by atoms with Crippen molar-refractivity contribution in [2.45, 2.75) is 25.9 Å². The normalized spacial score (nSPS) is 20.2. The first-order valence-corrected chi connectivity index (χ1v) is 4.78. The number of carbonyl (C=O) groups excluding carboxylic acids is 1. The predicted octanol–water partition coefficient (Wildman–Crippen LogP) is 0.00620. The topological polar surface area (TPSA) is 49.8 Å². The number of likely N-dealkylation sites (tertiary alicyclic amines) is 1. The third-order valence-electron chi connectivity index (χ3n) is 2.22. The molecule has 1 heterocycles. The summed E-state index contributed by atoms with van der Waals surface area (Å²) in [7, 11) is 0. The van der Waals surface area contributed by atoms with Crippen LogP contribution in [0.2, 0.25) is 0 Å². The van der Waals surface area contributed by atoms with E-state index in [1.807, 2.05) is 4.90 Å². The number of hydrogen-bond acceptors (Lipinski definition) is 4. The Hall–Kier alpha value is -0.610. The van der Waals surface area contributed by atoms with Gasteiger partial charge in [-0.05, 0) is 19.8 Å². The molecule has 0 aromatic heterocycles. The van der Waals surface area contributed by atoms with Gasteiger partial charge in [0.1, 0.15) is 0 Å². The van der Waals surface area contributed by atoms with Crippen molar-refractivity contribution in [1.29, 1.82) is 0 Å². The second-order valence-electron chi connectivity index (χ2n) is 3.31. The molecule has 0 amide bonds. The van der Waals surface area contributed by atoms with Gasteiger partial charge in [0.15, 0.2) is 0 Å². The fourth-order valence-corrected chi connectivity index (χ4v) is 1.47. The van der Waals surface area contributed by atoms with E-state index in [2.05, 4.69) is 0 Å². The summed E-state index contributed by atoms with van der Waals surface area (Å²) in [6.07, 6.45) is 1.34. The average Bonchev–Trinajstić information content (AvgIpc) is 2.09. The zero-order valence-corrected chi connectivity index (χ0v) is 8.03. The second-order valence-corrected chi connectivity index (χ2v) is 3.31. The molecule has 76 valence electrons. The average molecular weight is 187 g/mol. The maximum atomic E-state index is 11.1. The van der Waals surface area contributed by atoms with Gasteiger partial charge in [-0.15, -0.1) is 0 Å². The molecule has 1 rings (SSSR count). The van der Waals surface area contributed by atoms with E-state index in [1.165, 1.54) is 0 Å². The van der Waals surface area contributed by atoms with Crippen molar-refractivity contribution >= 4 is 5.97 Å². The monoisotopic (exact) mass is 187 g/mol. The van der Waals surface area contributed by atoms with Crippen LogP contribution >= 0.6 is 0 Å². The van der Waals surface area contributed by atoms with E-state index in [1.54, 1.807) is 6.92 Å². The summed E-state index contributed by atoms with van der Waals surface area (Å²) >= 11 is 0. The fraction of sp³-hybridized carbons (Fsp3) is 0.889. The summed E-state index contributed by atoms with van der Waals surface area (Å²) in [4.78, 5) is 13.1. The van der Waals surface area contributed by atoms with Gasteiger partial charge in [0, 0.05) is 13.1 Å². The lowest BCUT2D eigenvalue weighted by Crippen LogP contribution is -2.39.